The second-order valence-electron chi connectivity index (χ2n) is 8.04. The number of fused-ring (bicyclic) bond motifs is 1. The molecule has 6 heteroatoms. The lowest BCUT2D eigenvalue weighted by Gasteiger charge is -2.33. The maximum absolute atomic E-state index is 12.2. The molecule has 2 aliphatic rings. The van der Waals surface area contributed by atoms with Crippen LogP contribution >= 0.6 is 0 Å². The standard InChI is InChI=1S/C22H29N5O/c1-16-19-8-2-3-9-20(19)26-22(25-16)27-11-5-7-18(15-27)14-24-21(28)12-17-6-4-10-23-13-17/h4,6,10,13,18H,2-3,5,7-9,11-12,14-15H2,1H3,(H,24,28). The lowest BCUT2D eigenvalue weighted by Crippen LogP contribution is -2.42. The van der Waals surface area contributed by atoms with E-state index in [2.05, 4.69) is 22.1 Å². The van der Waals surface area contributed by atoms with E-state index in [0.717, 1.165) is 56.0 Å². The number of carbonyl (C=O) groups excluding carboxylic acids is 1. The summed E-state index contributed by atoms with van der Waals surface area (Å²) in [5, 5.41) is 3.10. The van der Waals surface area contributed by atoms with Gasteiger partial charge in [-0.1, -0.05) is 6.07 Å². The molecule has 1 amide bonds. The van der Waals surface area contributed by atoms with Crippen molar-refractivity contribution in [1.82, 2.24) is 20.3 Å². The van der Waals surface area contributed by atoms with Crippen LogP contribution in [0.3, 0.4) is 0 Å². The zero-order chi connectivity index (χ0) is 19.3. The van der Waals surface area contributed by atoms with Crippen molar-refractivity contribution in [3.8, 4) is 0 Å². The Morgan fingerprint density at radius 3 is 3.00 bits per heavy atom. The van der Waals surface area contributed by atoms with Crippen LogP contribution in [0.4, 0.5) is 5.95 Å². The third-order valence-electron chi connectivity index (χ3n) is 5.86. The van der Waals surface area contributed by atoms with Gasteiger partial charge in [-0.15, -0.1) is 0 Å². The van der Waals surface area contributed by atoms with Gasteiger partial charge in [0.25, 0.3) is 0 Å². The molecule has 0 spiro atoms. The first kappa shape index (κ1) is 18.8. The first-order chi connectivity index (χ1) is 13.7. The average molecular weight is 380 g/mol. The van der Waals surface area contributed by atoms with E-state index >= 15 is 0 Å². The van der Waals surface area contributed by atoms with E-state index in [-0.39, 0.29) is 5.91 Å². The van der Waals surface area contributed by atoms with Gasteiger partial charge in [0.1, 0.15) is 0 Å². The number of carbonyl (C=O) groups is 1. The van der Waals surface area contributed by atoms with Crippen molar-refractivity contribution in [2.45, 2.75) is 51.9 Å². The summed E-state index contributed by atoms with van der Waals surface area (Å²) in [5.74, 6) is 1.38. The highest BCUT2D eigenvalue weighted by atomic mass is 16.1. The molecule has 1 unspecified atom stereocenters. The van der Waals surface area contributed by atoms with E-state index in [1.165, 1.54) is 24.1 Å². The molecule has 1 atom stereocenters. The van der Waals surface area contributed by atoms with Crippen LogP contribution in [0.1, 0.15) is 48.2 Å². The molecule has 1 aliphatic heterocycles. The molecule has 148 valence electrons. The van der Waals surface area contributed by atoms with Gasteiger partial charge < -0.3 is 10.2 Å². The van der Waals surface area contributed by atoms with Crippen molar-refractivity contribution in [3.63, 3.8) is 0 Å². The molecule has 0 aromatic carbocycles. The first-order valence-corrected chi connectivity index (χ1v) is 10.5. The summed E-state index contributed by atoms with van der Waals surface area (Å²) in [4.78, 5) is 28.3. The van der Waals surface area contributed by atoms with Gasteiger partial charge in [-0.05, 0) is 68.6 Å². The number of aromatic nitrogens is 3. The minimum absolute atomic E-state index is 0.0611. The highest BCUT2D eigenvalue weighted by Crippen LogP contribution is 2.26. The normalized spacial score (nSPS) is 19.2. The van der Waals surface area contributed by atoms with Crippen LogP contribution in [0.15, 0.2) is 24.5 Å². The summed E-state index contributed by atoms with van der Waals surface area (Å²) in [6.07, 6.45) is 10.8. The largest absolute Gasteiger partial charge is 0.355 e. The Labute approximate surface area is 166 Å². The van der Waals surface area contributed by atoms with Crippen LogP contribution in [0, 0.1) is 12.8 Å². The Morgan fingerprint density at radius 2 is 2.14 bits per heavy atom. The predicted octanol–water partition coefficient (Wildman–Crippen LogP) is 2.63. The fourth-order valence-corrected chi connectivity index (χ4v) is 4.33. The minimum atomic E-state index is 0.0611. The number of nitrogens with one attached hydrogen (secondary N) is 1. The molecule has 0 bridgehead atoms. The maximum Gasteiger partial charge on any atom is 0.225 e. The third kappa shape index (κ3) is 4.49. The maximum atomic E-state index is 12.2. The van der Waals surface area contributed by atoms with Gasteiger partial charge in [-0.25, -0.2) is 9.97 Å². The van der Waals surface area contributed by atoms with Crippen molar-refractivity contribution >= 4 is 11.9 Å². The molecule has 1 fully saturated rings. The fourth-order valence-electron chi connectivity index (χ4n) is 4.33. The Hall–Kier alpha value is -2.50. The van der Waals surface area contributed by atoms with Crippen LogP contribution in [0.25, 0.3) is 0 Å². The number of hydrogen-bond donors (Lipinski definition) is 1. The molecule has 1 aliphatic carbocycles. The van der Waals surface area contributed by atoms with Crippen molar-refractivity contribution in [2.24, 2.45) is 5.92 Å². The van der Waals surface area contributed by atoms with Crippen molar-refractivity contribution in [2.75, 3.05) is 24.5 Å². The van der Waals surface area contributed by atoms with Crippen LogP contribution in [-0.2, 0) is 24.1 Å². The Kier molecular flexibility index (Phi) is 5.84. The number of anilines is 1. The summed E-state index contributed by atoms with van der Waals surface area (Å²) in [6.45, 7) is 4.73. The Morgan fingerprint density at radius 1 is 1.25 bits per heavy atom. The van der Waals surface area contributed by atoms with Gasteiger partial charge in [0.15, 0.2) is 0 Å². The molecule has 1 N–H and O–H groups in total. The molecular weight excluding hydrogens is 350 g/mol. The van der Waals surface area contributed by atoms with E-state index in [0.29, 0.717) is 18.9 Å². The highest BCUT2D eigenvalue weighted by Gasteiger charge is 2.24. The molecule has 28 heavy (non-hydrogen) atoms. The van der Waals surface area contributed by atoms with Gasteiger partial charge in [0, 0.05) is 43.4 Å². The van der Waals surface area contributed by atoms with E-state index in [9.17, 15) is 4.79 Å². The van der Waals surface area contributed by atoms with Gasteiger partial charge in [0.05, 0.1) is 6.42 Å². The van der Waals surface area contributed by atoms with Crippen molar-refractivity contribution in [3.05, 3.63) is 47.0 Å². The van der Waals surface area contributed by atoms with Crippen molar-refractivity contribution in [1.29, 1.82) is 0 Å². The lowest BCUT2D eigenvalue weighted by atomic mass is 9.95. The molecular formula is C22H29N5O. The van der Waals surface area contributed by atoms with Gasteiger partial charge >= 0.3 is 0 Å². The smallest absolute Gasteiger partial charge is 0.225 e. The van der Waals surface area contributed by atoms with Gasteiger partial charge in [-0.2, -0.15) is 0 Å². The lowest BCUT2D eigenvalue weighted by molar-refractivity contribution is -0.120. The zero-order valence-corrected chi connectivity index (χ0v) is 16.7. The molecule has 0 radical (unpaired) electrons. The monoisotopic (exact) mass is 379 g/mol. The summed E-state index contributed by atoms with van der Waals surface area (Å²) in [7, 11) is 0. The summed E-state index contributed by atoms with van der Waals surface area (Å²) < 4.78 is 0. The fraction of sp³-hybridized carbons (Fsp3) is 0.545. The van der Waals surface area contributed by atoms with E-state index in [1.807, 2.05) is 12.1 Å². The second-order valence-corrected chi connectivity index (χ2v) is 8.04. The molecule has 4 rings (SSSR count). The zero-order valence-electron chi connectivity index (χ0n) is 16.7. The number of piperidine rings is 1. The average Bonchev–Trinajstić information content (AvgIpc) is 2.73. The third-order valence-corrected chi connectivity index (χ3v) is 5.86. The second kappa shape index (κ2) is 8.67. The molecule has 2 aromatic heterocycles. The number of rotatable bonds is 5. The van der Waals surface area contributed by atoms with Gasteiger partial charge in [-0.3, -0.25) is 9.78 Å². The number of aryl methyl sites for hydroxylation is 2. The highest BCUT2D eigenvalue weighted by molar-refractivity contribution is 5.78. The quantitative estimate of drug-likeness (QED) is 0.865. The number of hydrogen-bond acceptors (Lipinski definition) is 5. The van der Waals surface area contributed by atoms with Crippen LogP contribution < -0.4 is 10.2 Å². The van der Waals surface area contributed by atoms with E-state index in [1.54, 1.807) is 12.4 Å². The molecule has 3 heterocycles. The Balaban J connectivity index is 1.34. The summed E-state index contributed by atoms with van der Waals surface area (Å²) in [6, 6.07) is 3.80. The molecule has 1 saturated heterocycles. The Bertz CT molecular complexity index is 823. The van der Waals surface area contributed by atoms with Crippen molar-refractivity contribution < 1.29 is 4.79 Å². The molecule has 0 saturated carbocycles. The summed E-state index contributed by atoms with van der Waals surface area (Å²) >= 11 is 0. The number of amides is 1. The van der Waals surface area contributed by atoms with Crippen LogP contribution in [-0.4, -0.2) is 40.5 Å². The van der Waals surface area contributed by atoms with Crippen LogP contribution in [0.2, 0.25) is 0 Å². The number of nitrogens with zero attached hydrogens (tertiary/aromatic N) is 4. The molecule has 2 aromatic rings. The summed E-state index contributed by atoms with van der Waals surface area (Å²) in [5.41, 5.74) is 4.71. The van der Waals surface area contributed by atoms with E-state index < -0.39 is 0 Å². The topological polar surface area (TPSA) is 71.0 Å². The van der Waals surface area contributed by atoms with Gasteiger partial charge in [0.2, 0.25) is 11.9 Å². The predicted molar refractivity (Wildman–Crippen MR) is 109 cm³/mol. The SMILES string of the molecule is Cc1nc(N2CCCC(CNC(=O)Cc3cccnc3)C2)nc2c1CCCC2. The van der Waals surface area contributed by atoms with E-state index in [4.69, 9.17) is 9.97 Å². The number of pyridine rings is 1. The minimum Gasteiger partial charge on any atom is -0.355 e. The molecule has 6 nitrogen and oxygen atoms in total. The first-order valence-electron chi connectivity index (χ1n) is 10.5. The van der Waals surface area contributed by atoms with Crippen LogP contribution in [0.5, 0.6) is 0 Å².